The lowest BCUT2D eigenvalue weighted by atomic mass is 10.2. The Bertz CT molecular complexity index is 1150. The van der Waals surface area contributed by atoms with Crippen LogP contribution in [0, 0.1) is 6.92 Å². The first-order valence-corrected chi connectivity index (χ1v) is 11.1. The molecule has 4 rings (SSSR count). The predicted octanol–water partition coefficient (Wildman–Crippen LogP) is 1.74. The van der Waals surface area contributed by atoms with Crippen molar-refractivity contribution in [1.29, 1.82) is 0 Å². The molecule has 0 spiro atoms. The quantitative estimate of drug-likeness (QED) is 0.606. The number of imidazole rings is 1. The van der Waals surface area contributed by atoms with Crippen molar-refractivity contribution in [1.82, 2.24) is 19.9 Å². The molecule has 3 aromatic rings. The summed E-state index contributed by atoms with van der Waals surface area (Å²) in [4.78, 5) is 21.8. The zero-order chi connectivity index (χ0) is 20.6. The van der Waals surface area contributed by atoms with Crippen LogP contribution in [0.15, 0.2) is 28.9 Å². The van der Waals surface area contributed by atoms with Crippen molar-refractivity contribution >= 4 is 26.8 Å². The fourth-order valence-corrected chi connectivity index (χ4v) is 5.41. The van der Waals surface area contributed by atoms with Gasteiger partial charge in [0, 0.05) is 13.7 Å². The van der Waals surface area contributed by atoms with Crippen LogP contribution >= 0.6 is 0 Å². The van der Waals surface area contributed by atoms with Gasteiger partial charge in [-0.2, -0.15) is 0 Å². The second-order valence-corrected chi connectivity index (χ2v) is 9.26. The van der Waals surface area contributed by atoms with Crippen molar-refractivity contribution in [2.75, 3.05) is 31.8 Å². The number of nitrogens with one attached hydrogen (secondary N) is 1. The Kier molecular flexibility index (Phi) is 5.13. The topological polar surface area (TPSA) is 116 Å². The van der Waals surface area contributed by atoms with E-state index in [4.69, 9.17) is 9.15 Å². The molecule has 3 aromatic heterocycles. The van der Waals surface area contributed by atoms with Gasteiger partial charge in [-0.15, -0.1) is 0 Å². The lowest BCUT2D eigenvalue weighted by Crippen LogP contribution is -2.28. The monoisotopic (exact) mass is 418 g/mol. The summed E-state index contributed by atoms with van der Waals surface area (Å²) in [5, 5.41) is 2.77. The van der Waals surface area contributed by atoms with Gasteiger partial charge in [-0.25, -0.2) is 18.4 Å². The summed E-state index contributed by atoms with van der Waals surface area (Å²) in [6.45, 7) is 2.52. The molecule has 0 radical (unpaired) electrons. The number of aryl methyl sites for hydroxylation is 1. The number of fused-ring (bicyclic) bond motifs is 1. The SMILES string of the molecule is COCCNC(=O)c1nc(-c2ccco2)cc2c1nc(C)n2C1CCS(=O)(=O)C1. The number of methoxy groups -OCH3 is 1. The molecule has 0 aromatic carbocycles. The third kappa shape index (κ3) is 3.77. The maximum atomic E-state index is 12.8. The Morgan fingerprint density at radius 1 is 1.41 bits per heavy atom. The molecule has 0 aliphatic carbocycles. The minimum absolute atomic E-state index is 0.0626. The van der Waals surface area contributed by atoms with Crippen LogP contribution in [-0.4, -0.2) is 60.6 Å². The Balaban J connectivity index is 1.86. The van der Waals surface area contributed by atoms with E-state index >= 15 is 0 Å². The molecule has 1 amide bonds. The zero-order valence-electron chi connectivity index (χ0n) is 16.2. The second-order valence-electron chi connectivity index (χ2n) is 7.04. The number of furan rings is 1. The number of hydrogen-bond acceptors (Lipinski definition) is 7. The molecule has 10 heteroatoms. The van der Waals surface area contributed by atoms with E-state index in [0.717, 1.165) is 0 Å². The molecule has 1 aliphatic rings. The fourth-order valence-electron chi connectivity index (χ4n) is 3.71. The largest absolute Gasteiger partial charge is 0.463 e. The van der Waals surface area contributed by atoms with Crippen molar-refractivity contribution in [3.05, 3.63) is 36.0 Å². The molecule has 1 fully saturated rings. The van der Waals surface area contributed by atoms with Crippen molar-refractivity contribution < 1.29 is 22.4 Å². The number of carbonyl (C=O) groups is 1. The number of nitrogens with zero attached hydrogens (tertiary/aromatic N) is 3. The van der Waals surface area contributed by atoms with Crippen LogP contribution in [-0.2, 0) is 14.6 Å². The molecular weight excluding hydrogens is 396 g/mol. The highest BCUT2D eigenvalue weighted by Crippen LogP contribution is 2.32. The third-order valence-electron chi connectivity index (χ3n) is 5.01. The maximum absolute atomic E-state index is 12.8. The van der Waals surface area contributed by atoms with Crippen LogP contribution < -0.4 is 5.32 Å². The highest BCUT2D eigenvalue weighted by molar-refractivity contribution is 7.91. The number of pyridine rings is 1. The average Bonchev–Trinajstić information content (AvgIpc) is 3.39. The molecular formula is C19H22N4O5S. The van der Waals surface area contributed by atoms with Gasteiger partial charge in [0.1, 0.15) is 17.0 Å². The van der Waals surface area contributed by atoms with E-state index in [1.165, 1.54) is 6.26 Å². The summed E-state index contributed by atoms with van der Waals surface area (Å²) in [7, 11) is -1.52. The van der Waals surface area contributed by atoms with E-state index < -0.39 is 9.84 Å². The number of hydrogen-bond donors (Lipinski definition) is 1. The van der Waals surface area contributed by atoms with Gasteiger partial charge in [0.25, 0.3) is 5.91 Å². The molecule has 0 saturated carbocycles. The van der Waals surface area contributed by atoms with Crippen LogP contribution in [0.3, 0.4) is 0 Å². The van der Waals surface area contributed by atoms with Crippen molar-refractivity contribution in [2.45, 2.75) is 19.4 Å². The van der Waals surface area contributed by atoms with Crippen LogP contribution in [0.5, 0.6) is 0 Å². The molecule has 1 N–H and O–H groups in total. The van der Waals surface area contributed by atoms with Crippen molar-refractivity contribution in [3.63, 3.8) is 0 Å². The zero-order valence-corrected chi connectivity index (χ0v) is 17.0. The Morgan fingerprint density at radius 2 is 2.24 bits per heavy atom. The molecule has 0 bridgehead atoms. The first kappa shape index (κ1) is 19.6. The van der Waals surface area contributed by atoms with E-state index in [0.29, 0.717) is 47.9 Å². The normalized spacial score (nSPS) is 18.3. The Labute approximate surface area is 168 Å². The fraction of sp³-hybridized carbons (Fsp3) is 0.421. The second kappa shape index (κ2) is 7.60. The van der Waals surface area contributed by atoms with Gasteiger partial charge in [0.2, 0.25) is 0 Å². The van der Waals surface area contributed by atoms with Crippen molar-refractivity contribution in [3.8, 4) is 11.5 Å². The van der Waals surface area contributed by atoms with Crippen LogP contribution in [0.1, 0.15) is 28.8 Å². The van der Waals surface area contributed by atoms with Gasteiger partial charge in [-0.1, -0.05) is 0 Å². The minimum atomic E-state index is -3.08. The van der Waals surface area contributed by atoms with E-state index in [1.54, 1.807) is 25.3 Å². The number of sulfone groups is 1. The highest BCUT2D eigenvalue weighted by atomic mass is 32.2. The summed E-state index contributed by atoms with van der Waals surface area (Å²) in [6, 6.07) is 5.08. The van der Waals surface area contributed by atoms with Crippen LogP contribution in [0.25, 0.3) is 22.5 Å². The number of ether oxygens (including phenoxy) is 1. The summed E-state index contributed by atoms with van der Waals surface area (Å²) in [5.41, 5.74) is 1.77. The Hall–Kier alpha value is -2.72. The third-order valence-corrected chi connectivity index (χ3v) is 6.76. The maximum Gasteiger partial charge on any atom is 0.272 e. The number of aromatic nitrogens is 3. The molecule has 1 unspecified atom stereocenters. The number of amides is 1. The molecule has 4 heterocycles. The number of carbonyl (C=O) groups excluding carboxylic acids is 1. The minimum Gasteiger partial charge on any atom is -0.463 e. The number of rotatable bonds is 6. The molecule has 1 aliphatic heterocycles. The van der Waals surface area contributed by atoms with Gasteiger partial charge < -0.3 is 19.0 Å². The lowest BCUT2D eigenvalue weighted by Gasteiger charge is -2.14. The smallest absolute Gasteiger partial charge is 0.272 e. The summed E-state index contributed by atoms with van der Waals surface area (Å²) in [6.07, 6.45) is 2.05. The van der Waals surface area contributed by atoms with Crippen LogP contribution in [0.4, 0.5) is 0 Å². The average molecular weight is 418 g/mol. The summed E-state index contributed by atoms with van der Waals surface area (Å²) >= 11 is 0. The van der Waals surface area contributed by atoms with Gasteiger partial charge in [-0.05, 0) is 31.5 Å². The predicted molar refractivity (Wildman–Crippen MR) is 106 cm³/mol. The van der Waals surface area contributed by atoms with E-state index in [2.05, 4.69) is 15.3 Å². The first-order valence-electron chi connectivity index (χ1n) is 9.30. The molecule has 1 saturated heterocycles. The Morgan fingerprint density at radius 3 is 2.90 bits per heavy atom. The lowest BCUT2D eigenvalue weighted by molar-refractivity contribution is 0.0934. The van der Waals surface area contributed by atoms with Crippen molar-refractivity contribution in [2.24, 2.45) is 0 Å². The van der Waals surface area contributed by atoms with Gasteiger partial charge in [0.15, 0.2) is 21.3 Å². The summed E-state index contributed by atoms with van der Waals surface area (Å²) < 4.78 is 36.4. The van der Waals surface area contributed by atoms with E-state index in [9.17, 15) is 13.2 Å². The first-order chi connectivity index (χ1) is 13.9. The van der Waals surface area contributed by atoms with E-state index in [1.807, 2.05) is 11.5 Å². The molecule has 9 nitrogen and oxygen atoms in total. The molecule has 29 heavy (non-hydrogen) atoms. The van der Waals surface area contributed by atoms with Gasteiger partial charge >= 0.3 is 0 Å². The van der Waals surface area contributed by atoms with E-state index in [-0.39, 0.29) is 29.1 Å². The molecule has 1 atom stereocenters. The van der Waals surface area contributed by atoms with Gasteiger partial charge in [-0.3, -0.25) is 4.79 Å². The molecule has 154 valence electrons. The summed E-state index contributed by atoms with van der Waals surface area (Å²) in [5.74, 6) is 1.00. The standard InChI is InChI=1S/C19H22N4O5S/c1-12-21-17-15(23(12)13-5-9-29(25,26)11-13)10-14(16-4-3-7-28-16)22-18(17)19(24)20-6-8-27-2/h3-4,7,10,13H,5-6,8-9,11H2,1-2H3,(H,20,24). The highest BCUT2D eigenvalue weighted by Gasteiger charge is 2.32. The van der Waals surface area contributed by atoms with Crippen LogP contribution in [0.2, 0.25) is 0 Å². The van der Waals surface area contributed by atoms with Gasteiger partial charge in [0.05, 0.1) is 35.9 Å².